The molecular weight excluding hydrogens is 639 g/mol. The van der Waals surface area contributed by atoms with Crippen LogP contribution in [-0.2, 0) is 0 Å². The molecule has 0 aromatic heterocycles. The smallest absolute Gasteiger partial charge is 0.0645 e. The number of hydrogen-bond acceptors (Lipinski definition) is 1. The Kier molecular flexibility index (Phi) is 7.50. The fraction of sp³-hybridized carbons (Fsp3) is 0. The first-order chi connectivity index (χ1) is 28.0. The van der Waals surface area contributed by atoms with Gasteiger partial charge < -0.3 is 4.90 Å². The van der Waals surface area contributed by atoms with Crippen LogP contribution in [0.4, 0.5) is 17.1 Å². The van der Waals surface area contributed by atoms with Crippen LogP contribution in [0.2, 0.25) is 0 Å². The van der Waals surface area contributed by atoms with Gasteiger partial charge in [-0.2, -0.15) is 0 Å². The van der Waals surface area contributed by atoms with Crippen molar-refractivity contribution in [2.24, 2.45) is 0 Å². The molecule has 1 heteroatoms. The van der Waals surface area contributed by atoms with E-state index in [1.54, 1.807) is 0 Å². The predicted molar refractivity (Wildman–Crippen MR) is 226 cm³/mol. The van der Waals surface area contributed by atoms with Gasteiger partial charge in [-0.05, 0) is 91.1 Å². The van der Waals surface area contributed by atoms with Crippen molar-refractivity contribution in [2.75, 3.05) is 4.90 Å². The summed E-state index contributed by atoms with van der Waals surface area (Å²) < 4.78 is 37.9. The predicted octanol–water partition coefficient (Wildman–Crippen LogP) is 14.6. The first-order valence-corrected chi connectivity index (χ1v) is 17.9. The van der Waals surface area contributed by atoms with Crippen molar-refractivity contribution in [3.05, 3.63) is 224 Å². The zero-order valence-corrected chi connectivity index (χ0v) is 29.0. The number of benzene rings is 9. The van der Waals surface area contributed by atoms with Crippen molar-refractivity contribution < 1.29 is 5.48 Å². The summed E-state index contributed by atoms with van der Waals surface area (Å²) in [5, 5.41) is 2.25. The first-order valence-electron chi connectivity index (χ1n) is 19.9. The second-order valence-electron chi connectivity index (χ2n) is 13.0. The molecule has 9 aromatic rings. The highest BCUT2D eigenvalue weighted by atomic mass is 15.1. The third kappa shape index (κ3) is 6.30. The number of hydrogen-bond donors (Lipinski definition) is 0. The van der Waals surface area contributed by atoms with Crippen LogP contribution in [0.25, 0.3) is 66.4 Å². The molecule has 0 saturated carbocycles. The molecule has 0 aliphatic carbocycles. The maximum absolute atomic E-state index is 9.62. The van der Waals surface area contributed by atoms with Crippen LogP contribution in [0, 0.1) is 0 Å². The molecule has 9 aromatic carbocycles. The van der Waals surface area contributed by atoms with Gasteiger partial charge in [0, 0.05) is 16.9 Å². The van der Waals surface area contributed by atoms with Gasteiger partial charge in [0.2, 0.25) is 0 Å². The number of fused-ring (bicyclic) bond motifs is 1. The Balaban J connectivity index is 1.31. The molecule has 0 atom stereocenters. The average molecular weight is 680 g/mol. The molecule has 0 saturated heterocycles. The molecule has 9 rings (SSSR count). The van der Waals surface area contributed by atoms with E-state index in [4.69, 9.17) is 0 Å². The summed E-state index contributed by atoms with van der Waals surface area (Å²) in [6, 6.07) is 66.8. The van der Waals surface area contributed by atoms with Gasteiger partial charge in [-0.1, -0.05) is 194 Å². The summed E-state index contributed by atoms with van der Waals surface area (Å²) in [6.45, 7) is 0. The van der Waals surface area contributed by atoms with Gasteiger partial charge in [0.05, 0.1) is 11.2 Å². The second kappa shape index (κ2) is 14.3. The molecule has 0 unspecified atom stereocenters. The zero-order valence-electron chi connectivity index (χ0n) is 33.0. The van der Waals surface area contributed by atoms with Crippen LogP contribution in [0.3, 0.4) is 0 Å². The molecule has 0 aliphatic heterocycles. The van der Waals surface area contributed by atoms with Gasteiger partial charge in [-0.3, -0.25) is 0 Å². The minimum absolute atomic E-state index is 0.0953. The minimum atomic E-state index is -0.122. The largest absolute Gasteiger partial charge is 0.310 e. The van der Waals surface area contributed by atoms with Gasteiger partial charge in [0.1, 0.15) is 0 Å². The van der Waals surface area contributed by atoms with E-state index in [1.807, 2.05) is 89.8 Å². The summed E-state index contributed by atoms with van der Waals surface area (Å²) in [7, 11) is 0. The molecule has 0 spiro atoms. The van der Waals surface area contributed by atoms with Crippen LogP contribution < -0.4 is 4.90 Å². The lowest BCUT2D eigenvalue weighted by Crippen LogP contribution is -2.11. The van der Waals surface area contributed by atoms with Crippen molar-refractivity contribution in [3.63, 3.8) is 0 Å². The molecule has 0 heterocycles. The Bertz CT molecular complexity index is 2870. The highest BCUT2D eigenvalue weighted by molar-refractivity contribution is 5.99. The fourth-order valence-electron chi connectivity index (χ4n) is 7.28. The lowest BCUT2D eigenvalue weighted by Gasteiger charge is -2.29. The molecule has 0 aliphatic rings. The van der Waals surface area contributed by atoms with Crippen LogP contribution >= 0.6 is 0 Å². The SMILES string of the molecule is [2H]c1c([2H])c(N(c2cccc(-c3cccc4ccccc34)c2)c2ccccc2-c2ccccc2-c2ccccc2-c2ccccc2)c([2H])c([2H])c1-c1ccccc1. The number of anilines is 3. The Morgan fingerprint density at radius 1 is 0.302 bits per heavy atom. The molecule has 0 N–H and O–H groups in total. The van der Waals surface area contributed by atoms with E-state index < -0.39 is 0 Å². The van der Waals surface area contributed by atoms with Crippen molar-refractivity contribution in [1.29, 1.82) is 0 Å². The van der Waals surface area contributed by atoms with Crippen molar-refractivity contribution in [2.45, 2.75) is 0 Å². The molecule has 0 fully saturated rings. The summed E-state index contributed by atoms with van der Waals surface area (Å²) in [5.74, 6) is 0. The van der Waals surface area contributed by atoms with Gasteiger partial charge in [-0.25, -0.2) is 0 Å². The van der Waals surface area contributed by atoms with Crippen LogP contribution in [0.1, 0.15) is 5.48 Å². The molecule has 53 heavy (non-hydrogen) atoms. The van der Waals surface area contributed by atoms with E-state index >= 15 is 0 Å². The number of rotatable bonds is 8. The van der Waals surface area contributed by atoms with Crippen LogP contribution in [-0.4, -0.2) is 0 Å². The fourth-order valence-corrected chi connectivity index (χ4v) is 7.28. The monoisotopic (exact) mass is 679 g/mol. The maximum atomic E-state index is 9.62. The summed E-state index contributed by atoms with van der Waals surface area (Å²) in [5.41, 5.74) is 10.8. The van der Waals surface area contributed by atoms with Gasteiger partial charge in [-0.15, -0.1) is 0 Å². The number of nitrogens with zero attached hydrogens (tertiary/aromatic N) is 1. The lowest BCUT2D eigenvalue weighted by atomic mass is 9.88. The molecule has 1 nitrogen and oxygen atoms in total. The van der Waals surface area contributed by atoms with Crippen LogP contribution in [0.5, 0.6) is 0 Å². The van der Waals surface area contributed by atoms with Gasteiger partial charge in [0.15, 0.2) is 0 Å². The van der Waals surface area contributed by atoms with E-state index in [1.165, 1.54) is 0 Å². The van der Waals surface area contributed by atoms with Gasteiger partial charge >= 0.3 is 0 Å². The molecule has 250 valence electrons. The van der Waals surface area contributed by atoms with E-state index in [9.17, 15) is 5.48 Å². The summed E-state index contributed by atoms with van der Waals surface area (Å²) in [6.07, 6.45) is 0. The third-order valence-electron chi connectivity index (χ3n) is 9.77. The van der Waals surface area contributed by atoms with E-state index in [0.717, 1.165) is 61.0 Å². The Labute approximate surface area is 317 Å². The van der Waals surface area contributed by atoms with E-state index in [-0.39, 0.29) is 35.4 Å². The normalized spacial score (nSPS) is 12.1. The summed E-state index contributed by atoms with van der Waals surface area (Å²) >= 11 is 0. The highest BCUT2D eigenvalue weighted by Gasteiger charge is 2.21. The lowest BCUT2D eigenvalue weighted by molar-refractivity contribution is 1.28. The molecule has 0 radical (unpaired) electrons. The van der Waals surface area contributed by atoms with E-state index in [2.05, 4.69) is 115 Å². The topological polar surface area (TPSA) is 3.24 Å². The molecular formula is C52H37N. The second-order valence-corrected chi connectivity index (χ2v) is 13.0. The van der Waals surface area contributed by atoms with Gasteiger partial charge in [0.25, 0.3) is 0 Å². The molecule has 0 amide bonds. The third-order valence-corrected chi connectivity index (χ3v) is 9.77. The zero-order chi connectivity index (χ0) is 38.9. The average Bonchev–Trinajstić information content (AvgIpc) is 3.28. The highest BCUT2D eigenvalue weighted by Crippen LogP contribution is 2.46. The first kappa shape index (κ1) is 27.7. The van der Waals surface area contributed by atoms with Crippen LogP contribution in [0.15, 0.2) is 224 Å². The maximum Gasteiger partial charge on any atom is 0.0645 e. The Hall–Kier alpha value is -6.96. The quantitative estimate of drug-likeness (QED) is 0.154. The van der Waals surface area contributed by atoms with Crippen molar-refractivity contribution in [1.82, 2.24) is 0 Å². The van der Waals surface area contributed by atoms with Crippen molar-refractivity contribution in [3.8, 4) is 55.6 Å². The minimum Gasteiger partial charge on any atom is -0.310 e. The molecule has 0 bridgehead atoms. The Morgan fingerprint density at radius 3 is 1.53 bits per heavy atom. The standard InChI is InChI=1S/C52H37N/c1-3-17-38(18-4-1)39-33-35-43(36-34-39)53(44-24-15-23-42(37-44)47-31-16-22-41-21-7-8-25-45(41)47)52-32-14-13-30-51(52)50-29-12-11-28-49(50)48-27-10-9-26-46(48)40-19-5-2-6-20-40/h1-37H/i33D,34D,35D,36D. The Morgan fingerprint density at radius 2 is 0.792 bits per heavy atom. The van der Waals surface area contributed by atoms with E-state index in [0.29, 0.717) is 11.3 Å². The summed E-state index contributed by atoms with van der Waals surface area (Å²) in [4.78, 5) is 1.92. The van der Waals surface area contributed by atoms with Crippen molar-refractivity contribution >= 4 is 27.8 Å². The number of para-hydroxylation sites is 1.